The number of hydroxylamine groups is 1. The van der Waals surface area contributed by atoms with Gasteiger partial charge in [0.15, 0.2) is 5.60 Å². The Hall–Kier alpha value is -2.13. The van der Waals surface area contributed by atoms with Crippen LogP contribution < -0.4 is 5.48 Å². The minimum Gasteiger partial charge on any atom is -0.459 e. The number of esters is 1. The molecule has 0 radical (unpaired) electrons. The van der Waals surface area contributed by atoms with E-state index < -0.39 is 41.8 Å². The topological polar surface area (TPSA) is 84.9 Å². The van der Waals surface area contributed by atoms with Gasteiger partial charge in [0.1, 0.15) is 11.6 Å². The van der Waals surface area contributed by atoms with Crippen molar-refractivity contribution in [3.63, 3.8) is 0 Å². The van der Waals surface area contributed by atoms with Crippen LogP contribution in [-0.2, 0) is 14.4 Å². The van der Waals surface area contributed by atoms with E-state index in [1.165, 1.54) is 32.9 Å². The van der Waals surface area contributed by atoms with E-state index in [-0.39, 0.29) is 5.56 Å². The van der Waals surface area contributed by atoms with E-state index in [1.54, 1.807) is 18.2 Å². The van der Waals surface area contributed by atoms with Crippen molar-refractivity contribution in [2.24, 2.45) is 0 Å². The molecule has 6 nitrogen and oxygen atoms in total. The number of ether oxygens (including phenoxy) is 1. The number of hydrogen-bond donors (Lipinski definition) is 2. The third-order valence-corrected chi connectivity index (χ3v) is 3.21. The van der Waals surface area contributed by atoms with Gasteiger partial charge in [0.05, 0.1) is 5.56 Å². The Labute approximate surface area is 149 Å². The third kappa shape index (κ3) is 6.64. The molecule has 146 valence electrons. The van der Waals surface area contributed by atoms with Crippen LogP contribution in [0, 0.1) is 0 Å². The molecule has 0 spiro atoms. The standard InChI is InChI=1S/C17H22F3NO5/c1-15(2,3)25-14(23)12(10-16(4,24)17(18,19)20)21-26-13(22)11-8-6-5-7-9-11/h5-9,12,21,24H,10H2,1-4H3/t12-,16?/m0/s1. The predicted molar refractivity (Wildman–Crippen MR) is 85.9 cm³/mol. The van der Waals surface area contributed by atoms with Crippen molar-refractivity contribution < 1.29 is 37.4 Å². The molecule has 0 saturated heterocycles. The van der Waals surface area contributed by atoms with Crippen molar-refractivity contribution in [3.8, 4) is 0 Å². The Morgan fingerprint density at radius 1 is 1.12 bits per heavy atom. The highest BCUT2D eigenvalue weighted by molar-refractivity contribution is 5.89. The zero-order chi connectivity index (χ0) is 20.2. The molecule has 0 aliphatic rings. The summed E-state index contributed by atoms with van der Waals surface area (Å²) in [5, 5.41) is 9.64. The number of alkyl halides is 3. The molecule has 0 heterocycles. The molecule has 1 aromatic rings. The number of benzene rings is 1. The van der Waals surface area contributed by atoms with Crippen LogP contribution in [0.25, 0.3) is 0 Å². The highest BCUT2D eigenvalue weighted by atomic mass is 19.4. The second-order valence-electron chi connectivity index (χ2n) is 6.94. The Balaban J connectivity index is 2.90. The number of carbonyl (C=O) groups is 2. The molecular weight excluding hydrogens is 355 g/mol. The summed E-state index contributed by atoms with van der Waals surface area (Å²) in [7, 11) is 0. The maximum absolute atomic E-state index is 12.9. The lowest BCUT2D eigenvalue weighted by Crippen LogP contribution is -2.51. The predicted octanol–water partition coefficient (Wildman–Crippen LogP) is 2.76. The number of nitrogens with one attached hydrogen (secondary N) is 1. The maximum atomic E-state index is 12.9. The van der Waals surface area contributed by atoms with Crippen molar-refractivity contribution in [2.45, 2.75) is 57.5 Å². The van der Waals surface area contributed by atoms with Crippen LogP contribution in [0.1, 0.15) is 44.5 Å². The van der Waals surface area contributed by atoms with Crippen molar-refractivity contribution in [3.05, 3.63) is 35.9 Å². The maximum Gasteiger partial charge on any atom is 0.416 e. The van der Waals surface area contributed by atoms with Crippen LogP contribution in [-0.4, -0.2) is 40.5 Å². The van der Waals surface area contributed by atoms with Crippen LogP contribution in [0.15, 0.2) is 30.3 Å². The van der Waals surface area contributed by atoms with Gasteiger partial charge in [0, 0.05) is 6.42 Å². The zero-order valence-corrected chi connectivity index (χ0v) is 14.9. The Bertz CT molecular complexity index is 624. The number of hydrogen-bond acceptors (Lipinski definition) is 6. The minimum atomic E-state index is -4.99. The lowest BCUT2D eigenvalue weighted by atomic mass is 9.96. The fraction of sp³-hybridized carbons (Fsp3) is 0.529. The third-order valence-electron chi connectivity index (χ3n) is 3.21. The van der Waals surface area contributed by atoms with Crippen LogP contribution >= 0.6 is 0 Å². The largest absolute Gasteiger partial charge is 0.459 e. The molecule has 2 atom stereocenters. The molecule has 0 aromatic heterocycles. The van der Waals surface area contributed by atoms with E-state index in [2.05, 4.69) is 0 Å². The summed E-state index contributed by atoms with van der Waals surface area (Å²) in [6.07, 6.45) is -6.09. The molecule has 1 unspecified atom stereocenters. The first-order chi connectivity index (χ1) is 11.7. The fourth-order valence-electron chi connectivity index (χ4n) is 1.82. The number of aliphatic hydroxyl groups is 1. The molecular formula is C17H22F3NO5. The first-order valence-corrected chi connectivity index (χ1v) is 7.77. The minimum absolute atomic E-state index is 0.130. The molecule has 2 N–H and O–H groups in total. The number of halogens is 3. The summed E-state index contributed by atoms with van der Waals surface area (Å²) in [4.78, 5) is 28.8. The van der Waals surface area contributed by atoms with Crippen molar-refractivity contribution in [2.75, 3.05) is 0 Å². The van der Waals surface area contributed by atoms with Gasteiger partial charge < -0.3 is 14.7 Å². The lowest BCUT2D eigenvalue weighted by Gasteiger charge is -2.31. The number of carbonyl (C=O) groups excluding carboxylic acids is 2. The fourth-order valence-corrected chi connectivity index (χ4v) is 1.82. The molecule has 26 heavy (non-hydrogen) atoms. The first-order valence-electron chi connectivity index (χ1n) is 7.77. The average molecular weight is 377 g/mol. The van der Waals surface area contributed by atoms with E-state index >= 15 is 0 Å². The molecule has 1 rings (SSSR count). The smallest absolute Gasteiger partial charge is 0.416 e. The van der Waals surface area contributed by atoms with E-state index in [0.717, 1.165) is 0 Å². The summed E-state index contributed by atoms with van der Waals surface area (Å²) in [6, 6.07) is 5.93. The van der Waals surface area contributed by atoms with Crippen LogP contribution in [0.5, 0.6) is 0 Å². The van der Waals surface area contributed by atoms with Gasteiger partial charge in [-0.25, -0.2) is 4.79 Å². The summed E-state index contributed by atoms with van der Waals surface area (Å²) in [5.74, 6) is -1.99. The molecule has 1 aromatic carbocycles. The SMILES string of the molecule is CC(C)(C)OC(=O)[C@H](CC(C)(O)C(F)(F)F)NOC(=O)c1ccccc1. The molecule has 0 amide bonds. The average Bonchev–Trinajstić information content (AvgIpc) is 2.49. The molecule has 0 bridgehead atoms. The quantitative estimate of drug-likeness (QED) is 0.586. The summed E-state index contributed by atoms with van der Waals surface area (Å²) < 4.78 is 43.8. The lowest BCUT2D eigenvalue weighted by molar-refractivity contribution is -0.258. The second kappa shape index (κ2) is 8.05. The Morgan fingerprint density at radius 3 is 2.12 bits per heavy atom. The summed E-state index contributed by atoms with van der Waals surface area (Å²) in [6.45, 7) is 5.10. The molecule has 9 heteroatoms. The normalized spacial score (nSPS) is 15.7. The van der Waals surface area contributed by atoms with Gasteiger partial charge in [-0.3, -0.25) is 4.79 Å². The molecule has 0 aliphatic heterocycles. The van der Waals surface area contributed by atoms with Gasteiger partial charge in [-0.2, -0.15) is 13.2 Å². The number of rotatable bonds is 6. The Kier molecular flexibility index (Phi) is 6.78. The van der Waals surface area contributed by atoms with E-state index in [1.807, 2.05) is 5.48 Å². The summed E-state index contributed by atoms with van der Waals surface area (Å²) >= 11 is 0. The van der Waals surface area contributed by atoms with Crippen LogP contribution in [0.3, 0.4) is 0 Å². The zero-order valence-electron chi connectivity index (χ0n) is 14.9. The van der Waals surface area contributed by atoms with Gasteiger partial charge >= 0.3 is 18.1 Å². The van der Waals surface area contributed by atoms with Crippen molar-refractivity contribution in [1.29, 1.82) is 0 Å². The molecule has 0 fully saturated rings. The second-order valence-corrected chi connectivity index (χ2v) is 6.94. The van der Waals surface area contributed by atoms with E-state index in [9.17, 15) is 27.9 Å². The van der Waals surface area contributed by atoms with Gasteiger partial charge in [-0.1, -0.05) is 18.2 Å². The van der Waals surface area contributed by atoms with Crippen molar-refractivity contribution >= 4 is 11.9 Å². The molecule has 0 saturated carbocycles. The monoisotopic (exact) mass is 377 g/mol. The van der Waals surface area contributed by atoms with Crippen molar-refractivity contribution in [1.82, 2.24) is 5.48 Å². The highest BCUT2D eigenvalue weighted by Gasteiger charge is 2.52. The van der Waals surface area contributed by atoms with Gasteiger partial charge in [0.2, 0.25) is 0 Å². The van der Waals surface area contributed by atoms with Crippen LogP contribution in [0.2, 0.25) is 0 Å². The summed E-state index contributed by atoms with van der Waals surface area (Å²) in [5.41, 5.74) is -2.06. The highest BCUT2D eigenvalue weighted by Crippen LogP contribution is 2.34. The van der Waals surface area contributed by atoms with Gasteiger partial charge in [-0.05, 0) is 39.8 Å². The first kappa shape index (κ1) is 21.9. The van der Waals surface area contributed by atoms with E-state index in [0.29, 0.717) is 6.92 Å². The Morgan fingerprint density at radius 2 is 1.65 bits per heavy atom. The van der Waals surface area contributed by atoms with E-state index in [4.69, 9.17) is 9.57 Å². The molecule has 0 aliphatic carbocycles. The van der Waals surface area contributed by atoms with Crippen LogP contribution in [0.4, 0.5) is 13.2 Å². The van der Waals surface area contributed by atoms with Gasteiger partial charge in [0.25, 0.3) is 0 Å². The van der Waals surface area contributed by atoms with Gasteiger partial charge in [-0.15, -0.1) is 5.48 Å².